The minimum absolute atomic E-state index is 0.0414. The number of amides is 2. The van der Waals surface area contributed by atoms with E-state index in [1.54, 1.807) is 12.1 Å². The van der Waals surface area contributed by atoms with Gasteiger partial charge < -0.3 is 14.2 Å². The van der Waals surface area contributed by atoms with Crippen molar-refractivity contribution < 1.29 is 28.6 Å². The van der Waals surface area contributed by atoms with Crippen molar-refractivity contribution in [1.82, 2.24) is 10.4 Å². The van der Waals surface area contributed by atoms with Gasteiger partial charge in [-0.25, -0.2) is 9.80 Å². The predicted molar refractivity (Wildman–Crippen MR) is 125 cm³/mol. The molecule has 3 aromatic rings. The highest BCUT2D eigenvalue weighted by Gasteiger charge is 2.14. The minimum Gasteiger partial charge on any atom is -0.491 e. The van der Waals surface area contributed by atoms with Crippen LogP contribution in [0.25, 0.3) is 11.1 Å². The first kappa shape index (κ1) is 24.4. The first-order chi connectivity index (χ1) is 16.5. The van der Waals surface area contributed by atoms with Crippen LogP contribution in [-0.2, 0) is 14.3 Å². The molecule has 1 heterocycles. The van der Waals surface area contributed by atoms with E-state index in [4.69, 9.17) is 9.47 Å². The molecule has 0 aliphatic carbocycles. The maximum atomic E-state index is 12.5. The molecule has 9 nitrogen and oxygen atoms in total. The van der Waals surface area contributed by atoms with Crippen LogP contribution in [0.15, 0.2) is 66.9 Å². The summed E-state index contributed by atoms with van der Waals surface area (Å²) in [6, 6.07) is 17.5. The number of esters is 1. The second-order valence-electron chi connectivity index (χ2n) is 6.96. The summed E-state index contributed by atoms with van der Waals surface area (Å²) in [6.07, 6.45) is 1.72. The monoisotopic (exact) mass is 463 g/mol. The van der Waals surface area contributed by atoms with E-state index in [2.05, 4.69) is 15.1 Å². The minimum atomic E-state index is -0.604. The van der Waals surface area contributed by atoms with Gasteiger partial charge in [0.05, 0.1) is 25.0 Å². The summed E-state index contributed by atoms with van der Waals surface area (Å²) >= 11 is 0. The highest BCUT2D eigenvalue weighted by atomic mass is 16.5. The lowest BCUT2D eigenvalue weighted by molar-refractivity contribution is -0.107. The number of anilines is 1. The number of aromatic nitrogens is 1. The number of hydrazine groups is 1. The topological polar surface area (TPSA) is 107 Å². The molecule has 0 saturated carbocycles. The lowest BCUT2D eigenvalue weighted by Gasteiger charge is -2.18. The van der Waals surface area contributed by atoms with Crippen LogP contribution >= 0.6 is 0 Å². The molecular formula is C25H25N3O6. The van der Waals surface area contributed by atoms with Crippen LogP contribution in [-0.4, -0.2) is 50.2 Å². The molecule has 0 spiro atoms. The van der Waals surface area contributed by atoms with Gasteiger partial charge in [-0.3, -0.25) is 20.0 Å². The van der Waals surface area contributed by atoms with Crippen LogP contribution in [0.2, 0.25) is 0 Å². The largest absolute Gasteiger partial charge is 0.491 e. The van der Waals surface area contributed by atoms with Crippen LogP contribution in [0.5, 0.6) is 5.75 Å². The van der Waals surface area contributed by atoms with Gasteiger partial charge in [-0.1, -0.05) is 24.3 Å². The number of ether oxygens (including phenoxy) is 3. The maximum absolute atomic E-state index is 12.5. The molecule has 2 aromatic carbocycles. The molecule has 0 atom stereocenters. The van der Waals surface area contributed by atoms with Crippen LogP contribution in [0.3, 0.4) is 0 Å². The predicted octanol–water partition coefficient (Wildman–Crippen LogP) is 3.26. The molecule has 3 rings (SSSR count). The van der Waals surface area contributed by atoms with Crippen molar-refractivity contribution in [1.29, 1.82) is 0 Å². The summed E-state index contributed by atoms with van der Waals surface area (Å²) in [5, 5.41) is 1.05. The van der Waals surface area contributed by atoms with Crippen molar-refractivity contribution >= 4 is 24.0 Å². The summed E-state index contributed by atoms with van der Waals surface area (Å²) in [4.78, 5) is 39.5. The van der Waals surface area contributed by atoms with Crippen molar-refractivity contribution in [2.24, 2.45) is 0 Å². The number of nitrogens with zero attached hydrogens (tertiary/aromatic N) is 2. The lowest BCUT2D eigenvalue weighted by Crippen LogP contribution is -2.41. The molecule has 0 bridgehead atoms. The molecule has 0 fully saturated rings. The molecule has 0 unspecified atom stereocenters. The molecule has 2 amide bonds. The zero-order chi connectivity index (χ0) is 24.3. The number of methoxy groups -OCH3 is 1. The Bertz CT molecular complexity index is 1100. The van der Waals surface area contributed by atoms with Gasteiger partial charge in [-0.05, 0) is 54.4 Å². The Hall–Kier alpha value is -4.24. The molecule has 0 radical (unpaired) electrons. The molecule has 34 heavy (non-hydrogen) atoms. The zero-order valence-corrected chi connectivity index (χ0v) is 18.9. The average Bonchev–Trinajstić information content (AvgIpc) is 2.89. The second-order valence-corrected chi connectivity index (χ2v) is 6.96. The van der Waals surface area contributed by atoms with Crippen LogP contribution < -0.4 is 15.2 Å². The van der Waals surface area contributed by atoms with E-state index in [-0.39, 0.29) is 11.3 Å². The van der Waals surface area contributed by atoms with E-state index in [0.717, 1.165) is 21.9 Å². The zero-order valence-electron chi connectivity index (χ0n) is 18.9. The van der Waals surface area contributed by atoms with Crippen LogP contribution in [0.4, 0.5) is 5.69 Å². The van der Waals surface area contributed by atoms with E-state index in [9.17, 15) is 14.4 Å². The fraction of sp³-hybridized carbons (Fsp3) is 0.200. The van der Waals surface area contributed by atoms with Crippen molar-refractivity contribution in [2.75, 3.05) is 31.9 Å². The molecule has 0 aliphatic rings. The number of nitrogens with one attached hydrogen (secondary N) is 1. The van der Waals surface area contributed by atoms with Crippen molar-refractivity contribution in [3.63, 3.8) is 0 Å². The Morgan fingerprint density at radius 1 is 0.971 bits per heavy atom. The summed E-state index contributed by atoms with van der Waals surface area (Å²) < 4.78 is 15.5. The number of carbonyl (C=O) groups excluding carboxylic acids is 3. The van der Waals surface area contributed by atoms with Crippen LogP contribution in [0, 0.1) is 0 Å². The molecule has 9 heteroatoms. The molecule has 0 saturated heterocycles. The molecule has 0 aliphatic heterocycles. The smallest absolute Gasteiger partial charge is 0.339 e. The summed E-state index contributed by atoms with van der Waals surface area (Å²) in [6.45, 7) is 3.62. The SMILES string of the molecule is CCOCCOc1ccc(-c2ccc(N(C=O)NC(=O)c3ccc(C(=O)OC)cn3)cc2)cc1. The van der Waals surface area contributed by atoms with E-state index in [1.807, 2.05) is 43.3 Å². The highest BCUT2D eigenvalue weighted by molar-refractivity contribution is 5.97. The van der Waals surface area contributed by atoms with E-state index >= 15 is 0 Å². The molecule has 1 N–H and O–H groups in total. The molecular weight excluding hydrogens is 438 g/mol. The first-order valence-corrected chi connectivity index (χ1v) is 10.6. The number of rotatable bonds is 11. The van der Waals surface area contributed by atoms with Crippen molar-refractivity contribution in [2.45, 2.75) is 6.92 Å². The average molecular weight is 463 g/mol. The normalized spacial score (nSPS) is 10.3. The standard InChI is InChI=1S/C25H25N3O6/c1-3-33-14-15-34-22-11-6-19(7-12-22)18-4-9-21(10-5-18)28(17-29)27-24(30)23-13-8-20(16-26-23)25(31)32-2/h4-13,16-17H,3,14-15H2,1-2H3,(H,27,30). The van der Waals surface area contributed by atoms with Gasteiger partial charge in [-0.2, -0.15) is 0 Å². The maximum Gasteiger partial charge on any atom is 0.339 e. The van der Waals surface area contributed by atoms with Gasteiger partial charge in [-0.15, -0.1) is 0 Å². The summed E-state index contributed by atoms with van der Waals surface area (Å²) in [7, 11) is 1.26. The van der Waals surface area contributed by atoms with Gasteiger partial charge >= 0.3 is 5.97 Å². The van der Waals surface area contributed by atoms with E-state index in [0.29, 0.717) is 31.9 Å². The Kier molecular flexibility index (Phi) is 8.70. The third kappa shape index (κ3) is 6.39. The van der Waals surface area contributed by atoms with Gasteiger partial charge in [0.15, 0.2) is 0 Å². The van der Waals surface area contributed by atoms with E-state index < -0.39 is 11.9 Å². The van der Waals surface area contributed by atoms with Gasteiger partial charge in [0.25, 0.3) is 5.91 Å². The van der Waals surface area contributed by atoms with Crippen molar-refractivity contribution in [3.05, 3.63) is 78.1 Å². The number of hydrogen-bond acceptors (Lipinski definition) is 7. The van der Waals surface area contributed by atoms with Gasteiger partial charge in [0.2, 0.25) is 6.41 Å². The number of benzene rings is 2. The Morgan fingerprint density at radius 3 is 2.21 bits per heavy atom. The molecule has 1 aromatic heterocycles. The third-order valence-corrected chi connectivity index (χ3v) is 4.78. The van der Waals surface area contributed by atoms with Gasteiger partial charge in [0.1, 0.15) is 18.1 Å². The van der Waals surface area contributed by atoms with Gasteiger partial charge in [0, 0.05) is 12.8 Å². The summed E-state index contributed by atoms with van der Waals surface area (Å²) in [5.41, 5.74) is 5.11. The van der Waals surface area contributed by atoms with Crippen molar-refractivity contribution in [3.8, 4) is 16.9 Å². The first-order valence-electron chi connectivity index (χ1n) is 10.6. The second kappa shape index (κ2) is 12.1. The molecule has 176 valence electrons. The Balaban J connectivity index is 1.62. The van der Waals surface area contributed by atoms with Crippen LogP contribution in [0.1, 0.15) is 27.8 Å². The number of pyridine rings is 1. The lowest BCUT2D eigenvalue weighted by atomic mass is 10.1. The summed E-state index contributed by atoms with van der Waals surface area (Å²) in [5.74, 6) is -0.409. The Labute approximate surface area is 197 Å². The number of carbonyl (C=O) groups is 3. The fourth-order valence-corrected chi connectivity index (χ4v) is 3.01. The third-order valence-electron chi connectivity index (χ3n) is 4.78. The quantitative estimate of drug-likeness (QED) is 0.201. The Morgan fingerprint density at radius 2 is 1.65 bits per heavy atom. The fourth-order valence-electron chi connectivity index (χ4n) is 3.01. The van der Waals surface area contributed by atoms with E-state index in [1.165, 1.54) is 25.4 Å². The highest BCUT2D eigenvalue weighted by Crippen LogP contribution is 2.24. The number of hydrogen-bond donors (Lipinski definition) is 1.